The molecule has 0 fully saturated rings. The molecule has 3 heteroatoms. The second-order valence-corrected chi connectivity index (χ2v) is 3.34. The van der Waals surface area contributed by atoms with Crippen LogP contribution in [0.5, 0.6) is 0 Å². The molecule has 0 spiro atoms. The molecule has 0 amide bonds. The second kappa shape index (κ2) is 7.77. The molecular formula is C10H16Cl2Ra. The van der Waals surface area contributed by atoms with Crippen LogP contribution in [0.4, 0.5) is 0 Å². The van der Waals surface area contributed by atoms with Gasteiger partial charge in [0.1, 0.15) is 0 Å². The van der Waals surface area contributed by atoms with Crippen molar-refractivity contribution in [3.63, 3.8) is 0 Å². The number of allylic oxidation sites excluding steroid dienone is 4. The van der Waals surface area contributed by atoms with Gasteiger partial charge < -0.3 is 24.8 Å². The fourth-order valence-electron chi connectivity index (χ4n) is 1.57. The third kappa shape index (κ3) is 3.88. The van der Waals surface area contributed by atoms with Crippen LogP contribution in [0.25, 0.3) is 0 Å². The molecule has 1 aliphatic carbocycles. The van der Waals surface area contributed by atoms with Crippen LogP contribution in [-0.2, 0) is 0 Å². The normalized spacial score (nSPS) is 16.4. The summed E-state index contributed by atoms with van der Waals surface area (Å²) < 4.78 is 0. The standard InChI is InChI=1S/C10H16.2ClH.Ra/c1-6-7(2)9(4)10(5)8(6)3;;;/h6H,1-5H3;2*1H;/q;;;+2/p-2. The summed E-state index contributed by atoms with van der Waals surface area (Å²) in [7, 11) is 0. The van der Waals surface area contributed by atoms with Gasteiger partial charge in [0.25, 0.3) is 0 Å². The average Bonchev–Trinajstić information content (AvgIpc) is 2.07. The van der Waals surface area contributed by atoms with Crippen LogP contribution in [0.2, 0.25) is 0 Å². The van der Waals surface area contributed by atoms with E-state index in [4.69, 9.17) is 0 Å². The summed E-state index contributed by atoms with van der Waals surface area (Å²) in [6.07, 6.45) is 0. The average molecular weight is 433 g/mol. The van der Waals surface area contributed by atoms with E-state index in [0.29, 0.717) is 5.92 Å². The first-order valence-electron chi connectivity index (χ1n) is 3.90. The van der Waals surface area contributed by atoms with Gasteiger partial charge in [-0.25, -0.2) is 0 Å². The number of hydrogen-bond donors (Lipinski definition) is 0. The van der Waals surface area contributed by atoms with E-state index < -0.39 is 0 Å². The molecule has 0 heterocycles. The first kappa shape index (κ1) is 20.0. The smallest absolute Gasteiger partial charge is 1.00 e. The maximum atomic E-state index is 2.28. The largest absolute Gasteiger partial charge is 2.00 e. The molecule has 72 valence electrons. The monoisotopic (exact) mass is 432 g/mol. The third-order valence-electron chi connectivity index (χ3n) is 3.04. The Bertz CT molecular complexity index is 205. The van der Waals surface area contributed by atoms with Crippen molar-refractivity contribution in [1.29, 1.82) is 0 Å². The molecule has 0 aromatic carbocycles. The van der Waals surface area contributed by atoms with Gasteiger partial charge in [0.15, 0.2) is 0 Å². The van der Waals surface area contributed by atoms with Gasteiger partial charge in [-0.3, -0.25) is 0 Å². The molecule has 0 saturated carbocycles. The third-order valence-corrected chi connectivity index (χ3v) is 3.04. The zero-order chi connectivity index (χ0) is 7.89. The van der Waals surface area contributed by atoms with Crippen molar-refractivity contribution < 1.29 is 69.8 Å². The fourth-order valence-corrected chi connectivity index (χ4v) is 1.57. The molecule has 1 aliphatic rings. The maximum absolute atomic E-state index is 2.28. The fraction of sp³-hybridized carbons (Fsp3) is 0.600. The predicted octanol–water partition coefficient (Wildman–Crippen LogP) is -2.68. The molecule has 0 aliphatic heterocycles. The Morgan fingerprint density at radius 2 is 1.00 bits per heavy atom. The van der Waals surface area contributed by atoms with Crippen LogP contribution in [-0.4, -0.2) is 0 Å². The van der Waals surface area contributed by atoms with Gasteiger partial charge in [0.05, 0.1) is 0 Å². The zero-order valence-electron chi connectivity index (χ0n) is 9.04. The molecule has 0 aromatic heterocycles. The van der Waals surface area contributed by atoms with E-state index in [9.17, 15) is 0 Å². The van der Waals surface area contributed by atoms with Crippen molar-refractivity contribution >= 4 is 0 Å². The summed E-state index contributed by atoms with van der Waals surface area (Å²) in [5.74, 6) is 0.694. The van der Waals surface area contributed by atoms with Crippen molar-refractivity contribution in [3.05, 3.63) is 22.3 Å². The van der Waals surface area contributed by atoms with Crippen LogP contribution in [0.15, 0.2) is 22.3 Å². The first-order valence-corrected chi connectivity index (χ1v) is 3.90. The Balaban J connectivity index is -0.000000333. The minimum Gasteiger partial charge on any atom is -1.00 e. The Labute approximate surface area is 131 Å². The van der Waals surface area contributed by atoms with Crippen molar-refractivity contribution in [2.24, 2.45) is 5.92 Å². The van der Waals surface area contributed by atoms with Crippen molar-refractivity contribution in [2.75, 3.05) is 0 Å². The van der Waals surface area contributed by atoms with E-state index >= 15 is 0 Å². The van der Waals surface area contributed by atoms with E-state index in [2.05, 4.69) is 34.6 Å². The van der Waals surface area contributed by atoms with Crippen LogP contribution in [0, 0.1) is 50.9 Å². The summed E-state index contributed by atoms with van der Waals surface area (Å²) >= 11 is 0. The van der Waals surface area contributed by atoms with Gasteiger partial charge in [-0.05, 0) is 44.8 Å². The molecule has 0 nitrogen and oxygen atoms in total. The molecule has 1 rings (SSSR count). The van der Waals surface area contributed by atoms with Gasteiger partial charge in [0.2, 0.25) is 0 Å². The van der Waals surface area contributed by atoms with E-state index in [1.807, 2.05) is 0 Å². The molecular weight excluding hydrogens is 417 g/mol. The summed E-state index contributed by atoms with van der Waals surface area (Å²) in [5, 5.41) is 0. The number of rotatable bonds is 0. The number of hydrogen-bond acceptors (Lipinski definition) is 0. The summed E-state index contributed by atoms with van der Waals surface area (Å²) in [4.78, 5) is 0. The predicted molar refractivity (Wildman–Crippen MR) is 45.9 cm³/mol. The van der Waals surface area contributed by atoms with Crippen molar-refractivity contribution in [3.8, 4) is 0 Å². The Morgan fingerprint density at radius 3 is 1.08 bits per heavy atom. The Kier molecular flexibility index (Phi) is 12.0. The Hall–Kier alpha value is 1.53. The molecule has 13 heavy (non-hydrogen) atoms. The SMILES string of the molecule is CC1=C(C)C(C)C(C)=C1C.[Cl-].[Cl-].[Ra+2]. The first-order chi connectivity index (χ1) is 4.55. The van der Waals surface area contributed by atoms with Crippen LogP contribution in [0.1, 0.15) is 34.6 Å². The minimum absolute atomic E-state index is 0. The minimum atomic E-state index is 0. The topological polar surface area (TPSA) is 0 Å². The zero-order valence-corrected chi connectivity index (χ0v) is 16.4. The van der Waals surface area contributed by atoms with Gasteiger partial charge in [-0.1, -0.05) is 18.1 Å². The molecule has 0 bridgehead atoms. The Morgan fingerprint density at radius 1 is 0.769 bits per heavy atom. The number of halogens is 2. The summed E-state index contributed by atoms with van der Waals surface area (Å²) in [6, 6.07) is 0. The maximum Gasteiger partial charge on any atom is 2.00 e. The second-order valence-electron chi connectivity index (χ2n) is 3.34. The van der Waals surface area contributed by atoms with E-state index in [0.717, 1.165) is 0 Å². The van der Waals surface area contributed by atoms with Gasteiger partial charge >= 0.3 is 45.0 Å². The van der Waals surface area contributed by atoms with Crippen LogP contribution < -0.4 is 24.8 Å². The quantitative estimate of drug-likeness (QED) is 0.391. The summed E-state index contributed by atoms with van der Waals surface area (Å²) in [6.45, 7) is 11.2. The molecule has 0 saturated heterocycles. The molecule has 0 radical (unpaired) electrons. The van der Waals surface area contributed by atoms with E-state index in [1.54, 1.807) is 11.1 Å². The van der Waals surface area contributed by atoms with E-state index in [-0.39, 0.29) is 69.8 Å². The molecule has 0 N–H and O–H groups in total. The van der Waals surface area contributed by atoms with Crippen molar-refractivity contribution in [1.82, 2.24) is 0 Å². The molecule has 0 unspecified atom stereocenters. The van der Waals surface area contributed by atoms with Crippen LogP contribution in [0.3, 0.4) is 0 Å². The van der Waals surface area contributed by atoms with Gasteiger partial charge in [-0.15, -0.1) is 0 Å². The van der Waals surface area contributed by atoms with Crippen molar-refractivity contribution in [2.45, 2.75) is 34.6 Å². The van der Waals surface area contributed by atoms with E-state index in [1.165, 1.54) is 11.1 Å². The van der Waals surface area contributed by atoms with Gasteiger partial charge in [-0.2, -0.15) is 0 Å². The van der Waals surface area contributed by atoms with Crippen LogP contribution >= 0.6 is 0 Å². The summed E-state index contributed by atoms with van der Waals surface area (Å²) in [5.41, 5.74) is 6.11. The molecule has 0 aromatic rings. The van der Waals surface area contributed by atoms with Gasteiger partial charge in [0, 0.05) is 0 Å². The molecule has 0 atom stereocenters.